The SMILES string of the molecule is CC(=O)C1CCCN(C(=O)C2CCCN(C)C2)C1. The zero-order chi connectivity index (χ0) is 13.1. The van der Waals surface area contributed by atoms with E-state index in [9.17, 15) is 9.59 Å². The van der Waals surface area contributed by atoms with E-state index in [2.05, 4.69) is 11.9 Å². The zero-order valence-electron chi connectivity index (χ0n) is 11.5. The number of carbonyl (C=O) groups excluding carboxylic acids is 2. The topological polar surface area (TPSA) is 40.6 Å². The van der Waals surface area contributed by atoms with E-state index < -0.39 is 0 Å². The van der Waals surface area contributed by atoms with Crippen molar-refractivity contribution >= 4 is 11.7 Å². The minimum absolute atomic E-state index is 0.0732. The van der Waals surface area contributed by atoms with Crippen molar-refractivity contribution in [2.75, 3.05) is 33.2 Å². The second kappa shape index (κ2) is 5.83. The molecule has 0 aliphatic carbocycles. The van der Waals surface area contributed by atoms with Crippen molar-refractivity contribution in [2.45, 2.75) is 32.6 Å². The average Bonchev–Trinajstić information content (AvgIpc) is 2.38. The largest absolute Gasteiger partial charge is 0.342 e. The van der Waals surface area contributed by atoms with Crippen LogP contribution >= 0.6 is 0 Å². The molecule has 2 fully saturated rings. The maximum Gasteiger partial charge on any atom is 0.226 e. The second-order valence-electron chi connectivity index (χ2n) is 5.84. The van der Waals surface area contributed by atoms with Gasteiger partial charge in [0.2, 0.25) is 5.91 Å². The Morgan fingerprint density at radius 3 is 2.33 bits per heavy atom. The highest BCUT2D eigenvalue weighted by Crippen LogP contribution is 2.22. The first-order chi connectivity index (χ1) is 8.58. The Hall–Kier alpha value is -0.900. The van der Waals surface area contributed by atoms with Crippen molar-refractivity contribution in [1.29, 1.82) is 0 Å². The summed E-state index contributed by atoms with van der Waals surface area (Å²) in [6, 6.07) is 0. The molecule has 2 aliphatic rings. The summed E-state index contributed by atoms with van der Waals surface area (Å²) in [5.41, 5.74) is 0. The number of rotatable bonds is 2. The van der Waals surface area contributed by atoms with Crippen molar-refractivity contribution < 1.29 is 9.59 Å². The summed E-state index contributed by atoms with van der Waals surface area (Å²) >= 11 is 0. The maximum atomic E-state index is 12.5. The van der Waals surface area contributed by atoms with Crippen LogP contribution in [0.5, 0.6) is 0 Å². The Morgan fingerprint density at radius 1 is 1.00 bits per heavy atom. The van der Waals surface area contributed by atoms with E-state index in [0.29, 0.717) is 6.54 Å². The van der Waals surface area contributed by atoms with Crippen molar-refractivity contribution in [2.24, 2.45) is 11.8 Å². The maximum absolute atomic E-state index is 12.5. The fourth-order valence-corrected chi connectivity index (χ4v) is 3.14. The molecule has 2 rings (SSSR count). The summed E-state index contributed by atoms with van der Waals surface area (Å²) in [6.07, 6.45) is 4.03. The van der Waals surface area contributed by atoms with Crippen LogP contribution < -0.4 is 0 Å². The fourth-order valence-electron chi connectivity index (χ4n) is 3.14. The fraction of sp³-hybridized carbons (Fsp3) is 0.857. The van der Waals surface area contributed by atoms with Gasteiger partial charge in [0, 0.05) is 25.6 Å². The molecule has 2 atom stereocenters. The van der Waals surface area contributed by atoms with E-state index in [0.717, 1.165) is 45.3 Å². The molecule has 0 saturated carbocycles. The van der Waals surface area contributed by atoms with E-state index in [-0.39, 0.29) is 23.5 Å². The number of nitrogens with zero attached hydrogens (tertiary/aromatic N) is 2. The molecular formula is C14H24N2O2. The van der Waals surface area contributed by atoms with Gasteiger partial charge in [0.1, 0.15) is 5.78 Å². The molecule has 0 radical (unpaired) electrons. The molecule has 1 amide bonds. The Bertz CT molecular complexity index is 330. The lowest BCUT2D eigenvalue weighted by Gasteiger charge is -2.36. The summed E-state index contributed by atoms with van der Waals surface area (Å²) < 4.78 is 0. The third-order valence-corrected chi connectivity index (χ3v) is 4.28. The lowest BCUT2D eigenvalue weighted by molar-refractivity contribution is -0.140. The van der Waals surface area contributed by atoms with Gasteiger partial charge in [-0.1, -0.05) is 0 Å². The minimum Gasteiger partial charge on any atom is -0.342 e. The number of likely N-dealkylation sites (tertiary alicyclic amines) is 2. The van der Waals surface area contributed by atoms with Gasteiger partial charge >= 0.3 is 0 Å². The summed E-state index contributed by atoms with van der Waals surface area (Å²) in [4.78, 5) is 28.1. The molecule has 4 nitrogen and oxygen atoms in total. The molecule has 2 unspecified atom stereocenters. The third kappa shape index (κ3) is 3.10. The quantitative estimate of drug-likeness (QED) is 0.740. The van der Waals surface area contributed by atoms with E-state index in [1.54, 1.807) is 6.92 Å². The van der Waals surface area contributed by atoms with Crippen molar-refractivity contribution in [1.82, 2.24) is 9.80 Å². The van der Waals surface area contributed by atoms with Gasteiger partial charge in [-0.15, -0.1) is 0 Å². The normalized spacial score (nSPS) is 30.2. The van der Waals surface area contributed by atoms with E-state index in [1.165, 1.54) is 0 Å². The van der Waals surface area contributed by atoms with Gasteiger partial charge in [-0.25, -0.2) is 0 Å². The van der Waals surface area contributed by atoms with E-state index >= 15 is 0 Å². The molecule has 0 spiro atoms. The lowest BCUT2D eigenvalue weighted by Crippen LogP contribution is -2.48. The predicted molar refractivity (Wildman–Crippen MR) is 70.2 cm³/mol. The van der Waals surface area contributed by atoms with Crippen LogP contribution in [0.15, 0.2) is 0 Å². The smallest absolute Gasteiger partial charge is 0.226 e. The highest BCUT2D eigenvalue weighted by Gasteiger charge is 2.32. The number of carbonyl (C=O) groups is 2. The van der Waals surface area contributed by atoms with Gasteiger partial charge < -0.3 is 9.80 Å². The summed E-state index contributed by atoms with van der Waals surface area (Å²) in [7, 11) is 2.08. The summed E-state index contributed by atoms with van der Waals surface area (Å²) in [5.74, 6) is 0.722. The van der Waals surface area contributed by atoms with Gasteiger partial charge in [0.25, 0.3) is 0 Å². The van der Waals surface area contributed by atoms with Gasteiger partial charge in [0.15, 0.2) is 0 Å². The molecule has 2 heterocycles. The van der Waals surface area contributed by atoms with Crippen LogP contribution in [0.2, 0.25) is 0 Å². The third-order valence-electron chi connectivity index (χ3n) is 4.28. The first-order valence-electron chi connectivity index (χ1n) is 7.05. The monoisotopic (exact) mass is 252 g/mol. The van der Waals surface area contributed by atoms with Gasteiger partial charge in [-0.05, 0) is 46.2 Å². The molecule has 2 saturated heterocycles. The lowest BCUT2D eigenvalue weighted by atomic mass is 9.91. The Morgan fingerprint density at radius 2 is 1.67 bits per heavy atom. The molecule has 0 N–H and O–H groups in total. The summed E-state index contributed by atoms with van der Waals surface area (Å²) in [5, 5.41) is 0. The first kappa shape index (κ1) is 13.5. The van der Waals surface area contributed by atoms with Crippen LogP contribution in [0.1, 0.15) is 32.6 Å². The Kier molecular flexibility index (Phi) is 4.38. The molecule has 0 aromatic rings. The number of amides is 1. The number of Topliss-reactive ketones (excluding diaryl/α,β-unsaturated/α-hetero) is 1. The molecule has 4 heteroatoms. The van der Waals surface area contributed by atoms with Crippen LogP contribution in [0.4, 0.5) is 0 Å². The molecule has 0 aromatic carbocycles. The molecule has 2 aliphatic heterocycles. The molecular weight excluding hydrogens is 228 g/mol. The highest BCUT2D eigenvalue weighted by atomic mass is 16.2. The van der Waals surface area contributed by atoms with Gasteiger partial charge in [-0.2, -0.15) is 0 Å². The Labute approximate surface area is 109 Å². The van der Waals surface area contributed by atoms with Crippen LogP contribution in [0.3, 0.4) is 0 Å². The highest BCUT2D eigenvalue weighted by molar-refractivity contribution is 5.82. The second-order valence-corrected chi connectivity index (χ2v) is 5.84. The molecule has 102 valence electrons. The van der Waals surface area contributed by atoms with Crippen molar-refractivity contribution in [3.63, 3.8) is 0 Å². The van der Waals surface area contributed by atoms with E-state index in [1.807, 2.05) is 4.90 Å². The van der Waals surface area contributed by atoms with Crippen molar-refractivity contribution in [3.05, 3.63) is 0 Å². The van der Waals surface area contributed by atoms with Gasteiger partial charge in [0.05, 0.1) is 5.92 Å². The molecule has 18 heavy (non-hydrogen) atoms. The number of hydrogen-bond donors (Lipinski definition) is 0. The van der Waals surface area contributed by atoms with Crippen molar-refractivity contribution in [3.8, 4) is 0 Å². The average molecular weight is 252 g/mol. The van der Waals surface area contributed by atoms with Crippen LogP contribution in [-0.4, -0.2) is 54.7 Å². The molecule has 0 bridgehead atoms. The number of piperidine rings is 2. The van der Waals surface area contributed by atoms with E-state index in [4.69, 9.17) is 0 Å². The predicted octanol–water partition coefficient (Wildman–Crippen LogP) is 1.16. The number of hydrogen-bond acceptors (Lipinski definition) is 3. The standard InChI is InChI=1S/C14H24N2O2/c1-11(17)12-5-4-8-16(10-12)14(18)13-6-3-7-15(2)9-13/h12-13H,3-10H2,1-2H3. The minimum atomic E-state index is 0.0732. The first-order valence-corrected chi connectivity index (χ1v) is 7.05. The van der Waals surface area contributed by atoms with Gasteiger partial charge in [-0.3, -0.25) is 9.59 Å². The number of ketones is 1. The van der Waals surface area contributed by atoms with Crippen LogP contribution in [0.25, 0.3) is 0 Å². The van der Waals surface area contributed by atoms with Crippen LogP contribution in [-0.2, 0) is 9.59 Å². The zero-order valence-corrected chi connectivity index (χ0v) is 11.5. The Balaban J connectivity index is 1.93. The summed E-state index contributed by atoms with van der Waals surface area (Å²) in [6.45, 7) is 5.10. The molecule has 0 aromatic heterocycles. The van der Waals surface area contributed by atoms with Crippen LogP contribution in [0, 0.1) is 11.8 Å².